The molecule has 0 aliphatic carbocycles. The fourth-order valence-corrected chi connectivity index (χ4v) is 1.56. The van der Waals surface area contributed by atoms with Gasteiger partial charge in [-0.1, -0.05) is 11.6 Å². The molecule has 0 aliphatic rings. The molecule has 0 saturated carbocycles. The summed E-state index contributed by atoms with van der Waals surface area (Å²) < 4.78 is 23.0. The van der Waals surface area contributed by atoms with E-state index in [1.807, 2.05) is 0 Å². The second-order valence-corrected chi connectivity index (χ2v) is 3.26. The summed E-state index contributed by atoms with van der Waals surface area (Å²) in [6.45, 7) is 0. The van der Waals surface area contributed by atoms with Crippen molar-refractivity contribution in [2.24, 2.45) is 0 Å². The molecular formula is C10H6ClFO3. The Morgan fingerprint density at radius 3 is 3.00 bits per heavy atom. The average molecular weight is 229 g/mol. The van der Waals surface area contributed by atoms with E-state index in [9.17, 15) is 9.18 Å². The molecule has 78 valence electrons. The molecule has 1 aromatic carbocycles. The van der Waals surface area contributed by atoms with Gasteiger partial charge in [-0.3, -0.25) is 0 Å². The van der Waals surface area contributed by atoms with Crippen LogP contribution in [0.5, 0.6) is 0 Å². The van der Waals surface area contributed by atoms with Crippen LogP contribution in [0.15, 0.2) is 22.8 Å². The first-order chi connectivity index (χ1) is 7.15. The van der Waals surface area contributed by atoms with E-state index >= 15 is 0 Å². The third-order valence-electron chi connectivity index (χ3n) is 2.03. The lowest BCUT2D eigenvalue weighted by atomic mass is 10.1. The normalized spacial score (nSPS) is 10.6. The van der Waals surface area contributed by atoms with E-state index in [2.05, 4.69) is 4.74 Å². The van der Waals surface area contributed by atoms with Gasteiger partial charge >= 0.3 is 5.97 Å². The zero-order chi connectivity index (χ0) is 11.0. The van der Waals surface area contributed by atoms with Crippen LogP contribution < -0.4 is 0 Å². The maximum Gasteiger partial charge on any atom is 0.340 e. The van der Waals surface area contributed by atoms with Crippen molar-refractivity contribution < 1.29 is 18.3 Å². The number of hydrogen-bond acceptors (Lipinski definition) is 3. The second-order valence-electron chi connectivity index (χ2n) is 2.88. The van der Waals surface area contributed by atoms with Gasteiger partial charge in [-0.05, 0) is 12.1 Å². The standard InChI is InChI=1S/C10H6ClFO3/c1-14-10(13)6-4-5-2-3-15-9(5)7(11)8(6)12/h2-4H,1H3. The quantitative estimate of drug-likeness (QED) is 0.705. The Hall–Kier alpha value is -1.55. The molecule has 5 heteroatoms. The molecule has 0 radical (unpaired) electrons. The Kier molecular flexibility index (Phi) is 2.36. The third-order valence-corrected chi connectivity index (χ3v) is 2.37. The maximum atomic E-state index is 13.6. The Bertz CT molecular complexity index is 533. The molecule has 0 N–H and O–H groups in total. The van der Waals surface area contributed by atoms with Gasteiger partial charge in [0.25, 0.3) is 0 Å². The lowest BCUT2D eigenvalue weighted by Gasteiger charge is -2.02. The average Bonchev–Trinajstić information content (AvgIpc) is 2.70. The number of fused-ring (bicyclic) bond motifs is 1. The summed E-state index contributed by atoms with van der Waals surface area (Å²) in [6, 6.07) is 2.93. The van der Waals surface area contributed by atoms with E-state index in [-0.39, 0.29) is 16.2 Å². The monoisotopic (exact) mass is 228 g/mol. The van der Waals surface area contributed by atoms with E-state index in [1.54, 1.807) is 6.07 Å². The summed E-state index contributed by atoms with van der Waals surface area (Å²) in [6.07, 6.45) is 1.37. The maximum absolute atomic E-state index is 13.6. The molecule has 0 spiro atoms. The van der Waals surface area contributed by atoms with Crippen molar-refractivity contribution >= 4 is 28.5 Å². The lowest BCUT2D eigenvalue weighted by molar-refractivity contribution is 0.0596. The van der Waals surface area contributed by atoms with Gasteiger partial charge in [0, 0.05) is 5.39 Å². The van der Waals surface area contributed by atoms with Gasteiger partial charge < -0.3 is 9.15 Å². The highest BCUT2D eigenvalue weighted by atomic mass is 35.5. The molecule has 15 heavy (non-hydrogen) atoms. The molecule has 0 atom stereocenters. The van der Waals surface area contributed by atoms with Crippen LogP contribution in [0.2, 0.25) is 5.02 Å². The molecule has 3 nitrogen and oxygen atoms in total. The van der Waals surface area contributed by atoms with Crippen LogP contribution in [0.3, 0.4) is 0 Å². The highest BCUT2D eigenvalue weighted by Gasteiger charge is 2.19. The summed E-state index contributed by atoms with van der Waals surface area (Å²) in [5.74, 6) is -1.59. The lowest BCUT2D eigenvalue weighted by Crippen LogP contribution is -2.04. The van der Waals surface area contributed by atoms with Gasteiger partial charge in [0.1, 0.15) is 5.02 Å². The van der Waals surface area contributed by atoms with Crippen molar-refractivity contribution in [2.45, 2.75) is 0 Å². The molecule has 0 bridgehead atoms. The highest BCUT2D eigenvalue weighted by Crippen LogP contribution is 2.30. The zero-order valence-electron chi connectivity index (χ0n) is 7.71. The minimum absolute atomic E-state index is 0.198. The van der Waals surface area contributed by atoms with E-state index in [0.717, 1.165) is 0 Å². The Balaban J connectivity index is 2.75. The molecule has 2 rings (SSSR count). The van der Waals surface area contributed by atoms with Crippen LogP contribution in [0, 0.1) is 5.82 Å². The first kappa shape index (κ1) is 9.98. The number of rotatable bonds is 1. The minimum atomic E-state index is -0.828. The van der Waals surface area contributed by atoms with Crippen molar-refractivity contribution in [3.05, 3.63) is 34.8 Å². The number of halogens is 2. The van der Waals surface area contributed by atoms with Crippen LogP contribution in [0.1, 0.15) is 10.4 Å². The summed E-state index contributed by atoms with van der Waals surface area (Å²) in [5, 5.41) is 0.347. The van der Waals surface area contributed by atoms with Gasteiger partial charge in [-0.2, -0.15) is 0 Å². The molecule has 0 saturated heterocycles. The van der Waals surface area contributed by atoms with Crippen molar-refractivity contribution in [3.63, 3.8) is 0 Å². The molecule has 0 aliphatic heterocycles. The number of benzene rings is 1. The number of methoxy groups -OCH3 is 1. The van der Waals surface area contributed by atoms with Gasteiger partial charge in [0.05, 0.1) is 18.9 Å². The second kappa shape index (κ2) is 3.55. The van der Waals surface area contributed by atoms with Crippen molar-refractivity contribution in [1.29, 1.82) is 0 Å². The van der Waals surface area contributed by atoms with E-state index in [1.165, 1.54) is 19.4 Å². The molecule has 1 aromatic heterocycles. The van der Waals surface area contributed by atoms with Crippen LogP contribution in [-0.4, -0.2) is 13.1 Å². The van der Waals surface area contributed by atoms with Gasteiger partial charge in [-0.25, -0.2) is 9.18 Å². The van der Waals surface area contributed by atoms with Crippen LogP contribution in [0.25, 0.3) is 11.0 Å². The molecule has 1 heterocycles. The predicted octanol–water partition coefficient (Wildman–Crippen LogP) is 3.01. The summed E-state index contributed by atoms with van der Waals surface area (Å²) in [5.41, 5.74) is 0.0261. The fourth-order valence-electron chi connectivity index (χ4n) is 1.31. The zero-order valence-corrected chi connectivity index (χ0v) is 8.47. The largest absolute Gasteiger partial charge is 0.465 e. The Morgan fingerprint density at radius 2 is 2.33 bits per heavy atom. The molecule has 0 fully saturated rings. The first-order valence-corrected chi connectivity index (χ1v) is 4.46. The number of carbonyl (C=O) groups excluding carboxylic acids is 1. The number of carbonyl (C=O) groups is 1. The van der Waals surface area contributed by atoms with Gasteiger partial charge in [0.15, 0.2) is 11.4 Å². The predicted molar refractivity (Wildman–Crippen MR) is 52.5 cm³/mol. The number of ether oxygens (including phenoxy) is 1. The summed E-state index contributed by atoms with van der Waals surface area (Å²) in [4.78, 5) is 11.2. The van der Waals surface area contributed by atoms with E-state index in [0.29, 0.717) is 5.39 Å². The van der Waals surface area contributed by atoms with Crippen LogP contribution in [0.4, 0.5) is 4.39 Å². The molecular weight excluding hydrogens is 223 g/mol. The van der Waals surface area contributed by atoms with Gasteiger partial charge in [0.2, 0.25) is 0 Å². The Labute approximate surface area is 89.4 Å². The van der Waals surface area contributed by atoms with Crippen molar-refractivity contribution in [1.82, 2.24) is 0 Å². The van der Waals surface area contributed by atoms with E-state index < -0.39 is 11.8 Å². The van der Waals surface area contributed by atoms with Crippen LogP contribution in [-0.2, 0) is 4.74 Å². The molecule has 0 unspecified atom stereocenters. The first-order valence-electron chi connectivity index (χ1n) is 4.08. The summed E-state index contributed by atoms with van der Waals surface area (Å²) in [7, 11) is 1.18. The highest BCUT2D eigenvalue weighted by molar-refractivity contribution is 6.35. The Morgan fingerprint density at radius 1 is 1.60 bits per heavy atom. The number of hydrogen-bond donors (Lipinski definition) is 0. The smallest absolute Gasteiger partial charge is 0.340 e. The minimum Gasteiger partial charge on any atom is -0.465 e. The van der Waals surface area contributed by atoms with Crippen molar-refractivity contribution in [3.8, 4) is 0 Å². The SMILES string of the molecule is COC(=O)c1cc2ccoc2c(Cl)c1F. The third kappa shape index (κ3) is 1.47. The topological polar surface area (TPSA) is 39.4 Å². The number of furan rings is 1. The van der Waals surface area contributed by atoms with Crippen molar-refractivity contribution in [2.75, 3.05) is 7.11 Å². The summed E-state index contributed by atoms with van der Waals surface area (Å²) >= 11 is 5.70. The van der Waals surface area contributed by atoms with Crippen LogP contribution >= 0.6 is 11.6 Å². The molecule has 2 aromatic rings. The molecule has 0 amide bonds. The fraction of sp³-hybridized carbons (Fsp3) is 0.100. The number of esters is 1. The van der Waals surface area contributed by atoms with Gasteiger partial charge in [-0.15, -0.1) is 0 Å². The van der Waals surface area contributed by atoms with E-state index in [4.69, 9.17) is 16.0 Å².